The lowest BCUT2D eigenvalue weighted by Crippen LogP contribution is -2.59. The van der Waals surface area contributed by atoms with Crippen LogP contribution in [-0.2, 0) is 9.53 Å². The Kier molecular flexibility index (Phi) is 4.83. The number of nitrogens with zero attached hydrogens (tertiary/aromatic N) is 1. The predicted octanol–water partition coefficient (Wildman–Crippen LogP) is 2.32. The van der Waals surface area contributed by atoms with Crippen LogP contribution in [0.2, 0.25) is 0 Å². The van der Waals surface area contributed by atoms with Crippen molar-refractivity contribution in [2.45, 2.75) is 32.2 Å². The smallest absolute Gasteiger partial charge is 0.328 e. The molecule has 1 aliphatic rings. The van der Waals surface area contributed by atoms with Crippen LogP contribution < -0.4 is 10.6 Å². The molecule has 0 bridgehead atoms. The van der Waals surface area contributed by atoms with Gasteiger partial charge in [-0.1, -0.05) is 12.1 Å². The van der Waals surface area contributed by atoms with Crippen LogP contribution in [0.1, 0.15) is 26.7 Å². The van der Waals surface area contributed by atoms with Gasteiger partial charge in [0.1, 0.15) is 11.4 Å². The summed E-state index contributed by atoms with van der Waals surface area (Å²) in [4.78, 5) is 14.1. The summed E-state index contributed by atoms with van der Waals surface area (Å²) < 4.78 is 19.1. The molecule has 1 fully saturated rings. The number of hydrogen-bond donors (Lipinski definition) is 1. The highest BCUT2D eigenvalue weighted by Gasteiger charge is 2.50. The second-order valence-corrected chi connectivity index (χ2v) is 5.50. The minimum Gasteiger partial charge on any atom is -0.465 e. The van der Waals surface area contributed by atoms with Crippen molar-refractivity contribution in [2.75, 3.05) is 24.6 Å². The molecule has 4 nitrogen and oxygen atoms in total. The summed E-state index contributed by atoms with van der Waals surface area (Å²) in [6.45, 7) is 4.83. The van der Waals surface area contributed by atoms with Gasteiger partial charge in [-0.25, -0.2) is 9.18 Å². The molecule has 1 atom stereocenters. The fourth-order valence-corrected chi connectivity index (χ4v) is 2.62. The lowest BCUT2D eigenvalue weighted by molar-refractivity contribution is -0.150. The van der Waals surface area contributed by atoms with Crippen molar-refractivity contribution in [3.63, 3.8) is 0 Å². The molecule has 21 heavy (non-hydrogen) atoms. The standard InChI is InChI=1S/C16H23FN2O2/c1-3-19(14-8-6-5-7-13(14)17)11-16(18,12-9-10-12)15(20)21-4-2/h5-8,12H,3-4,9-11,18H2,1-2H3. The van der Waals surface area contributed by atoms with E-state index in [1.807, 2.05) is 11.8 Å². The molecule has 5 heteroatoms. The van der Waals surface area contributed by atoms with Crippen LogP contribution in [0.15, 0.2) is 24.3 Å². The van der Waals surface area contributed by atoms with Gasteiger partial charge in [-0.2, -0.15) is 0 Å². The number of hydrogen-bond acceptors (Lipinski definition) is 4. The monoisotopic (exact) mass is 294 g/mol. The van der Waals surface area contributed by atoms with Crippen LogP contribution in [-0.4, -0.2) is 31.2 Å². The summed E-state index contributed by atoms with van der Waals surface area (Å²) in [5, 5.41) is 0. The number of esters is 1. The van der Waals surface area contributed by atoms with Gasteiger partial charge in [-0.15, -0.1) is 0 Å². The van der Waals surface area contributed by atoms with Crippen LogP contribution in [0, 0.1) is 11.7 Å². The minimum atomic E-state index is -1.06. The van der Waals surface area contributed by atoms with Crippen molar-refractivity contribution >= 4 is 11.7 Å². The SMILES string of the molecule is CCOC(=O)C(N)(CN(CC)c1ccccc1F)C1CC1. The van der Waals surface area contributed by atoms with E-state index in [4.69, 9.17) is 10.5 Å². The molecule has 0 heterocycles. The first kappa shape index (κ1) is 15.8. The van der Waals surface area contributed by atoms with E-state index < -0.39 is 5.54 Å². The third-order valence-electron chi connectivity index (χ3n) is 3.99. The summed E-state index contributed by atoms with van der Waals surface area (Å²) in [5.41, 5.74) is 5.77. The number of para-hydroxylation sites is 1. The first-order valence-electron chi connectivity index (χ1n) is 7.48. The Bertz CT molecular complexity index is 505. The highest BCUT2D eigenvalue weighted by molar-refractivity contribution is 5.82. The molecule has 0 saturated heterocycles. The second kappa shape index (κ2) is 6.43. The fraction of sp³-hybridized carbons (Fsp3) is 0.562. The summed E-state index contributed by atoms with van der Waals surface area (Å²) in [5.74, 6) is -0.569. The molecule has 0 amide bonds. The van der Waals surface area contributed by atoms with Crippen LogP contribution in [0.25, 0.3) is 0 Å². The summed E-state index contributed by atoms with van der Waals surface area (Å²) in [6, 6.07) is 6.55. The molecule has 116 valence electrons. The van der Waals surface area contributed by atoms with Crippen molar-refractivity contribution in [3.8, 4) is 0 Å². The predicted molar refractivity (Wildman–Crippen MR) is 80.6 cm³/mol. The van der Waals surface area contributed by atoms with Gasteiger partial charge in [0, 0.05) is 13.1 Å². The van der Waals surface area contributed by atoms with Gasteiger partial charge in [0.2, 0.25) is 0 Å². The molecular weight excluding hydrogens is 271 g/mol. The number of carbonyl (C=O) groups excluding carboxylic acids is 1. The molecule has 1 aliphatic carbocycles. The summed E-state index contributed by atoms with van der Waals surface area (Å²) in [7, 11) is 0. The largest absolute Gasteiger partial charge is 0.465 e. The Morgan fingerprint density at radius 2 is 2.10 bits per heavy atom. The molecular formula is C16H23FN2O2. The second-order valence-electron chi connectivity index (χ2n) is 5.50. The van der Waals surface area contributed by atoms with E-state index in [1.165, 1.54) is 6.07 Å². The molecule has 1 saturated carbocycles. The van der Waals surface area contributed by atoms with Gasteiger partial charge in [0.15, 0.2) is 0 Å². The highest BCUT2D eigenvalue weighted by atomic mass is 19.1. The Hall–Kier alpha value is -1.62. The number of ether oxygens (including phenoxy) is 1. The van der Waals surface area contributed by atoms with E-state index in [9.17, 15) is 9.18 Å². The van der Waals surface area contributed by atoms with Crippen molar-refractivity contribution in [1.29, 1.82) is 0 Å². The molecule has 0 aromatic heterocycles. The van der Waals surface area contributed by atoms with E-state index >= 15 is 0 Å². The van der Waals surface area contributed by atoms with Crippen LogP contribution >= 0.6 is 0 Å². The number of rotatable bonds is 7. The van der Waals surface area contributed by atoms with Crippen molar-refractivity contribution in [3.05, 3.63) is 30.1 Å². The Labute approximate surface area is 125 Å². The average Bonchev–Trinajstić information content (AvgIpc) is 3.30. The van der Waals surface area contributed by atoms with E-state index in [1.54, 1.807) is 25.1 Å². The van der Waals surface area contributed by atoms with Crippen LogP contribution in [0.5, 0.6) is 0 Å². The molecule has 0 spiro atoms. The Morgan fingerprint density at radius 1 is 1.43 bits per heavy atom. The maximum Gasteiger partial charge on any atom is 0.328 e. The fourth-order valence-electron chi connectivity index (χ4n) is 2.62. The lowest BCUT2D eigenvalue weighted by Gasteiger charge is -2.34. The Balaban J connectivity index is 2.22. The number of nitrogens with two attached hydrogens (primary N) is 1. The van der Waals surface area contributed by atoms with Gasteiger partial charge in [-0.05, 0) is 44.7 Å². The van der Waals surface area contributed by atoms with Crippen LogP contribution in [0.3, 0.4) is 0 Å². The number of carbonyl (C=O) groups is 1. The molecule has 1 aromatic rings. The lowest BCUT2D eigenvalue weighted by atomic mass is 9.93. The van der Waals surface area contributed by atoms with Gasteiger partial charge in [-0.3, -0.25) is 0 Å². The molecule has 1 unspecified atom stereocenters. The number of anilines is 1. The maximum absolute atomic E-state index is 14.0. The first-order chi connectivity index (χ1) is 10.0. The third-order valence-corrected chi connectivity index (χ3v) is 3.99. The van der Waals surface area contributed by atoms with Gasteiger partial charge in [0.05, 0.1) is 12.3 Å². The Morgan fingerprint density at radius 3 is 2.62 bits per heavy atom. The van der Waals surface area contributed by atoms with E-state index in [0.29, 0.717) is 18.8 Å². The molecule has 2 N–H and O–H groups in total. The quantitative estimate of drug-likeness (QED) is 0.784. The van der Waals surface area contributed by atoms with Gasteiger partial charge < -0.3 is 15.4 Å². The molecule has 1 aromatic carbocycles. The van der Waals surface area contributed by atoms with Crippen molar-refractivity contribution in [1.82, 2.24) is 0 Å². The maximum atomic E-state index is 14.0. The van der Waals surface area contributed by atoms with E-state index in [0.717, 1.165) is 12.8 Å². The zero-order chi connectivity index (χ0) is 15.5. The minimum absolute atomic E-state index is 0.123. The number of halogens is 1. The van der Waals surface area contributed by atoms with Gasteiger partial charge >= 0.3 is 5.97 Å². The number of benzene rings is 1. The van der Waals surface area contributed by atoms with Crippen molar-refractivity contribution in [2.24, 2.45) is 11.7 Å². The average molecular weight is 294 g/mol. The van der Waals surface area contributed by atoms with E-state index in [-0.39, 0.29) is 24.2 Å². The van der Waals surface area contributed by atoms with Gasteiger partial charge in [0.25, 0.3) is 0 Å². The van der Waals surface area contributed by atoms with E-state index in [2.05, 4.69) is 0 Å². The summed E-state index contributed by atoms with van der Waals surface area (Å²) >= 11 is 0. The zero-order valence-electron chi connectivity index (χ0n) is 12.6. The topological polar surface area (TPSA) is 55.6 Å². The zero-order valence-corrected chi connectivity index (χ0v) is 12.6. The highest BCUT2D eigenvalue weighted by Crippen LogP contribution is 2.40. The molecule has 0 aliphatic heterocycles. The number of likely N-dealkylation sites (N-methyl/N-ethyl adjacent to an activating group) is 1. The third kappa shape index (κ3) is 3.35. The normalized spacial score (nSPS) is 17.1. The summed E-state index contributed by atoms with van der Waals surface area (Å²) in [6.07, 6.45) is 1.84. The molecule has 2 rings (SSSR count). The molecule has 0 radical (unpaired) electrons. The van der Waals surface area contributed by atoms with Crippen molar-refractivity contribution < 1.29 is 13.9 Å². The van der Waals surface area contributed by atoms with Crippen LogP contribution in [0.4, 0.5) is 10.1 Å². The first-order valence-corrected chi connectivity index (χ1v) is 7.48.